The fraction of sp³-hybridized carbons (Fsp3) is 0.500. The van der Waals surface area contributed by atoms with Crippen LogP contribution >= 0.6 is 0 Å². The molecule has 1 unspecified atom stereocenters. The fourth-order valence-corrected chi connectivity index (χ4v) is 3.15. The number of benzene rings is 1. The molecule has 1 saturated heterocycles. The van der Waals surface area contributed by atoms with Crippen molar-refractivity contribution in [3.63, 3.8) is 0 Å². The highest BCUT2D eigenvalue weighted by Gasteiger charge is 2.23. The summed E-state index contributed by atoms with van der Waals surface area (Å²) < 4.78 is 18.5. The molecule has 1 aromatic carbocycles. The van der Waals surface area contributed by atoms with E-state index in [2.05, 4.69) is 21.6 Å². The fourth-order valence-electron chi connectivity index (χ4n) is 3.15. The van der Waals surface area contributed by atoms with E-state index in [1.54, 1.807) is 12.1 Å². The molecule has 0 aliphatic carbocycles. The van der Waals surface area contributed by atoms with Gasteiger partial charge in [-0.2, -0.15) is 0 Å². The Labute approximate surface area is 141 Å². The highest BCUT2D eigenvalue weighted by molar-refractivity contribution is 5.89. The van der Waals surface area contributed by atoms with Crippen molar-refractivity contribution in [2.24, 2.45) is 0 Å². The van der Waals surface area contributed by atoms with Crippen LogP contribution in [0, 0.1) is 5.82 Å². The zero-order valence-corrected chi connectivity index (χ0v) is 13.7. The molecule has 0 radical (unpaired) electrons. The van der Waals surface area contributed by atoms with Crippen molar-refractivity contribution in [2.45, 2.75) is 37.8 Å². The number of rotatable bonds is 4. The van der Waals surface area contributed by atoms with Crippen LogP contribution in [-0.2, 0) is 4.74 Å². The SMILES string of the molecule is O=C(Nc1ccc(F)cc1)NC1CCN(CC2CCC=CO2)CC1. The first kappa shape index (κ1) is 16.8. The minimum atomic E-state index is -0.314. The molecular formula is C18H24FN3O2. The molecule has 24 heavy (non-hydrogen) atoms. The van der Waals surface area contributed by atoms with Crippen molar-refractivity contribution >= 4 is 11.7 Å². The highest BCUT2D eigenvalue weighted by atomic mass is 19.1. The average molecular weight is 333 g/mol. The van der Waals surface area contributed by atoms with E-state index in [0.717, 1.165) is 45.3 Å². The Morgan fingerprint density at radius 3 is 2.62 bits per heavy atom. The predicted molar refractivity (Wildman–Crippen MR) is 91.3 cm³/mol. The van der Waals surface area contributed by atoms with E-state index < -0.39 is 0 Å². The number of amides is 2. The molecule has 0 spiro atoms. The predicted octanol–water partition coefficient (Wildman–Crippen LogP) is 3.10. The van der Waals surface area contributed by atoms with Crippen LogP contribution in [0.2, 0.25) is 0 Å². The smallest absolute Gasteiger partial charge is 0.319 e. The highest BCUT2D eigenvalue weighted by Crippen LogP contribution is 2.16. The van der Waals surface area contributed by atoms with Crippen LogP contribution in [0.15, 0.2) is 36.6 Å². The van der Waals surface area contributed by atoms with Gasteiger partial charge in [-0.15, -0.1) is 0 Å². The maximum absolute atomic E-state index is 12.9. The van der Waals surface area contributed by atoms with Crippen LogP contribution in [0.3, 0.4) is 0 Å². The van der Waals surface area contributed by atoms with Gasteiger partial charge in [0.05, 0.1) is 6.26 Å². The first-order chi connectivity index (χ1) is 11.7. The summed E-state index contributed by atoms with van der Waals surface area (Å²) in [6, 6.07) is 5.70. The maximum Gasteiger partial charge on any atom is 0.319 e. The number of piperidine rings is 1. The largest absolute Gasteiger partial charge is 0.497 e. The van der Waals surface area contributed by atoms with Gasteiger partial charge in [0, 0.05) is 31.4 Å². The summed E-state index contributed by atoms with van der Waals surface area (Å²) in [5, 5.41) is 5.73. The molecule has 1 aromatic rings. The molecular weight excluding hydrogens is 309 g/mol. The first-order valence-corrected chi connectivity index (χ1v) is 8.55. The minimum absolute atomic E-state index is 0.175. The summed E-state index contributed by atoms with van der Waals surface area (Å²) in [6.07, 6.45) is 8.19. The Morgan fingerprint density at radius 1 is 1.21 bits per heavy atom. The molecule has 1 fully saturated rings. The molecule has 130 valence electrons. The number of carbonyl (C=O) groups is 1. The van der Waals surface area contributed by atoms with Crippen molar-refractivity contribution in [3.8, 4) is 0 Å². The van der Waals surface area contributed by atoms with E-state index in [-0.39, 0.29) is 17.9 Å². The second kappa shape index (κ2) is 8.15. The van der Waals surface area contributed by atoms with Gasteiger partial charge in [-0.3, -0.25) is 4.90 Å². The quantitative estimate of drug-likeness (QED) is 0.890. The molecule has 0 bridgehead atoms. The van der Waals surface area contributed by atoms with Crippen LogP contribution in [0.25, 0.3) is 0 Å². The normalized spacial score (nSPS) is 22.0. The Hall–Kier alpha value is -2.08. The lowest BCUT2D eigenvalue weighted by Crippen LogP contribution is -2.47. The van der Waals surface area contributed by atoms with Gasteiger partial charge >= 0.3 is 6.03 Å². The zero-order valence-electron chi connectivity index (χ0n) is 13.7. The number of carbonyl (C=O) groups excluding carboxylic acids is 1. The van der Waals surface area contributed by atoms with E-state index in [9.17, 15) is 9.18 Å². The molecule has 2 heterocycles. The van der Waals surface area contributed by atoms with Gasteiger partial charge < -0.3 is 15.4 Å². The first-order valence-electron chi connectivity index (χ1n) is 8.55. The second-order valence-electron chi connectivity index (χ2n) is 6.39. The van der Waals surface area contributed by atoms with Crippen molar-refractivity contribution < 1.29 is 13.9 Å². The number of allylic oxidation sites excluding steroid dienone is 1. The summed E-state index contributed by atoms with van der Waals surface area (Å²) >= 11 is 0. The Balaban J connectivity index is 1.37. The average Bonchev–Trinajstić information content (AvgIpc) is 2.60. The lowest BCUT2D eigenvalue weighted by molar-refractivity contribution is 0.0675. The van der Waals surface area contributed by atoms with Crippen LogP contribution < -0.4 is 10.6 Å². The third kappa shape index (κ3) is 4.96. The summed E-state index contributed by atoms with van der Waals surface area (Å²) in [7, 11) is 0. The molecule has 2 aliphatic heterocycles. The van der Waals surface area contributed by atoms with E-state index in [0.29, 0.717) is 11.8 Å². The summed E-state index contributed by atoms with van der Waals surface area (Å²) in [5.74, 6) is -0.314. The Kier molecular flexibility index (Phi) is 5.69. The van der Waals surface area contributed by atoms with Crippen molar-refractivity contribution in [3.05, 3.63) is 42.4 Å². The van der Waals surface area contributed by atoms with Gasteiger partial charge in [0.1, 0.15) is 11.9 Å². The number of hydrogen-bond donors (Lipinski definition) is 2. The van der Waals surface area contributed by atoms with Crippen LogP contribution in [-0.4, -0.2) is 42.7 Å². The second-order valence-corrected chi connectivity index (χ2v) is 6.39. The lowest BCUT2D eigenvalue weighted by Gasteiger charge is -2.34. The van der Waals surface area contributed by atoms with Gasteiger partial charge in [-0.25, -0.2) is 9.18 Å². The number of ether oxygens (including phenoxy) is 1. The van der Waals surface area contributed by atoms with Gasteiger partial charge in [0.15, 0.2) is 0 Å². The third-order valence-corrected chi connectivity index (χ3v) is 4.51. The molecule has 1 atom stereocenters. The standard InChI is InChI=1S/C18H24FN3O2/c19-14-4-6-15(7-5-14)20-18(23)21-16-8-10-22(11-9-16)13-17-3-1-2-12-24-17/h2,4-7,12,16-17H,1,3,8-11,13H2,(H2,20,21,23). The van der Waals surface area contributed by atoms with Crippen molar-refractivity contribution in [2.75, 3.05) is 25.0 Å². The van der Waals surface area contributed by atoms with E-state index in [1.807, 2.05) is 6.26 Å². The molecule has 6 heteroatoms. The number of likely N-dealkylation sites (tertiary alicyclic amines) is 1. The zero-order chi connectivity index (χ0) is 16.8. The van der Waals surface area contributed by atoms with E-state index >= 15 is 0 Å². The Morgan fingerprint density at radius 2 is 1.96 bits per heavy atom. The number of hydrogen-bond acceptors (Lipinski definition) is 3. The summed E-state index contributed by atoms with van der Waals surface area (Å²) in [6.45, 7) is 2.88. The number of nitrogens with one attached hydrogen (secondary N) is 2. The molecule has 2 amide bonds. The maximum atomic E-state index is 12.9. The molecule has 2 N–H and O–H groups in total. The van der Waals surface area contributed by atoms with Gasteiger partial charge in [0.25, 0.3) is 0 Å². The van der Waals surface area contributed by atoms with Gasteiger partial charge in [-0.05, 0) is 56.0 Å². The third-order valence-electron chi connectivity index (χ3n) is 4.51. The summed E-state index contributed by atoms with van der Waals surface area (Å²) in [4.78, 5) is 14.4. The van der Waals surface area contributed by atoms with Gasteiger partial charge in [0.2, 0.25) is 0 Å². The van der Waals surface area contributed by atoms with Crippen LogP contribution in [0.1, 0.15) is 25.7 Å². The minimum Gasteiger partial charge on any atom is -0.497 e. The van der Waals surface area contributed by atoms with Crippen LogP contribution in [0.4, 0.5) is 14.9 Å². The summed E-state index contributed by atoms with van der Waals surface area (Å²) in [5.41, 5.74) is 0.592. The van der Waals surface area contributed by atoms with Gasteiger partial charge in [-0.1, -0.05) is 0 Å². The number of urea groups is 1. The monoisotopic (exact) mass is 333 g/mol. The van der Waals surface area contributed by atoms with Crippen molar-refractivity contribution in [1.82, 2.24) is 10.2 Å². The molecule has 0 saturated carbocycles. The van der Waals surface area contributed by atoms with E-state index in [4.69, 9.17) is 4.74 Å². The molecule has 2 aliphatic rings. The lowest BCUT2D eigenvalue weighted by atomic mass is 10.0. The number of halogens is 1. The number of nitrogens with zero attached hydrogens (tertiary/aromatic N) is 1. The molecule has 3 rings (SSSR count). The number of anilines is 1. The van der Waals surface area contributed by atoms with E-state index in [1.165, 1.54) is 12.1 Å². The van der Waals surface area contributed by atoms with Crippen LogP contribution in [0.5, 0.6) is 0 Å². The molecule has 0 aromatic heterocycles. The van der Waals surface area contributed by atoms with Crippen molar-refractivity contribution in [1.29, 1.82) is 0 Å². The molecule has 5 nitrogen and oxygen atoms in total. The Bertz CT molecular complexity index is 568. The topological polar surface area (TPSA) is 53.6 Å².